The number of aromatic nitrogens is 1. The summed E-state index contributed by atoms with van der Waals surface area (Å²) in [6, 6.07) is 11.3. The normalized spacial score (nSPS) is 10.3. The molecule has 0 unspecified atom stereocenters. The standard InChI is InChI=1S/C17H20N2O3/c1-3-22-16(20)10-13-18(2)17(21)14-6-8-15(9-7-14)19-11-4-5-12-19/h4-9,11-12H,3,10,13H2,1-2H3. The largest absolute Gasteiger partial charge is 0.466 e. The number of carbonyl (C=O) groups excluding carboxylic acids is 2. The van der Waals surface area contributed by atoms with Crippen LogP contribution in [-0.4, -0.2) is 41.5 Å². The SMILES string of the molecule is CCOC(=O)CCN(C)C(=O)c1ccc(-n2cccc2)cc1. The van der Waals surface area contributed by atoms with E-state index < -0.39 is 0 Å². The van der Waals surface area contributed by atoms with Crippen molar-refractivity contribution >= 4 is 11.9 Å². The minimum atomic E-state index is -0.287. The monoisotopic (exact) mass is 300 g/mol. The van der Waals surface area contributed by atoms with E-state index in [0.717, 1.165) is 5.69 Å². The van der Waals surface area contributed by atoms with Crippen molar-refractivity contribution in [1.29, 1.82) is 0 Å². The molecule has 0 N–H and O–H groups in total. The summed E-state index contributed by atoms with van der Waals surface area (Å²) in [5.74, 6) is -0.395. The first-order valence-corrected chi connectivity index (χ1v) is 7.26. The molecule has 0 bridgehead atoms. The van der Waals surface area contributed by atoms with E-state index in [-0.39, 0.29) is 18.3 Å². The Bertz CT molecular complexity index is 618. The van der Waals surface area contributed by atoms with Crippen LogP contribution in [0.4, 0.5) is 0 Å². The molecule has 0 fully saturated rings. The molecule has 22 heavy (non-hydrogen) atoms. The predicted molar refractivity (Wildman–Crippen MR) is 84.0 cm³/mol. The van der Waals surface area contributed by atoms with Crippen LogP contribution in [0, 0.1) is 0 Å². The zero-order valence-corrected chi connectivity index (χ0v) is 12.9. The van der Waals surface area contributed by atoms with Crippen molar-refractivity contribution in [1.82, 2.24) is 9.47 Å². The van der Waals surface area contributed by atoms with Crippen molar-refractivity contribution in [2.24, 2.45) is 0 Å². The zero-order chi connectivity index (χ0) is 15.9. The van der Waals surface area contributed by atoms with E-state index in [4.69, 9.17) is 4.74 Å². The summed E-state index contributed by atoms with van der Waals surface area (Å²) in [7, 11) is 1.68. The first kappa shape index (κ1) is 15.8. The van der Waals surface area contributed by atoms with Gasteiger partial charge in [-0.25, -0.2) is 0 Å². The van der Waals surface area contributed by atoms with Crippen LogP contribution in [0.15, 0.2) is 48.8 Å². The predicted octanol–water partition coefficient (Wildman–Crippen LogP) is 2.50. The summed E-state index contributed by atoms with van der Waals surface area (Å²) < 4.78 is 6.83. The first-order chi connectivity index (χ1) is 10.6. The molecule has 1 aromatic carbocycles. The van der Waals surface area contributed by atoms with Crippen LogP contribution in [0.2, 0.25) is 0 Å². The molecule has 1 amide bonds. The van der Waals surface area contributed by atoms with Crippen molar-refractivity contribution in [3.63, 3.8) is 0 Å². The number of ether oxygens (including phenoxy) is 1. The van der Waals surface area contributed by atoms with E-state index >= 15 is 0 Å². The lowest BCUT2D eigenvalue weighted by Gasteiger charge is -2.17. The number of carbonyl (C=O) groups is 2. The van der Waals surface area contributed by atoms with Gasteiger partial charge in [0, 0.05) is 37.2 Å². The van der Waals surface area contributed by atoms with Gasteiger partial charge in [0.1, 0.15) is 0 Å². The van der Waals surface area contributed by atoms with E-state index in [0.29, 0.717) is 18.7 Å². The Morgan fingerprint density at radius 1 is 1.14 bits per heavy atom. The number of benzene rings is 1. The summed E-state index contributed by atoms with van der Waals surface area (Å²) in [6.45, 7) is 2.47. The van der Waals surface area contributed by atoms with E-state index in [1.165, 1.54) is 4.90 Å². The summed E-state index contributed by atoms with van der Waals surface area (Å²) >= 11 is 0. The summed E-state index contributed by atoms with van der Waals surface area (Å²) in [6.07, 6.45) is 4.10. The van der Waals surface area contributed by atoms with Crippen LogP contribution >= 0.6 is 0 Å². The number of rotatable bonds is 6. The molecule has 0 aliphatic heterocycles. The van der Waals surface area contributed by atoms with Crippen LogP contribution in [0.5, 0.6) is 0 Å². The number of nitrogens with zero attached hydrogens (tertiary/aromatic N) is 2. The van der Waals surface area contributed by atoms with Crippen molar-refractivity contribution in [3.05, 3.63) is 54.4 Å². The fourth-order valence-corrected chi connectivity index (χ4v) is 2.10. The van der Waals surface area contributed by atoms with Crippen molar-refractivity contribution in [2.75, 3.05) is 20.2 Å². The van der Waals surface area contributed by atoms with Gasteiger partial charge in [0.25, 0.3) is 5.91 Å². The van der Waals surface area contributed by atoms with E-state index in [1.54, 1.807) is 26.1 Å². The number of hydrogen-bond donors (Lipinski definition) is 0. The van der Waals surface area contributed by atoms with Crippen LogP contribution in [0.1, 0.15) is 23.7 Å². The van der Waals surface area contributed by atoms with Gasteiger partial charge in [0.2, 0.25) is 0 Å². The molecule has 0 saturated heterocycles. The van der Waals surface area contributed by atoms with Gasteiger partial charge >= 0.3 is 5.97 Å². The van der Waals surface area contributed by atoms with Gasteiger partial charge < -0.3 is 14.2 Å². The molecule has 5 heteroatoms. The lowest BCUT2D eigenvalue weighted by molar-refractivity contribution is -0.143. The Kier molecular flexibility index (Phi) is 5.36. The maximum Gasteiger partial charge on any atom is 0.307 e. The van der Waals surface area contributed by atoms with Gasteiger partial charge in [-0.3, -0.25) is 9.59 Å². The highest BCUT2D eigenvalue weighted by molar-refractivity contribution is 5.94. The molecule has 0 atom stereocenters. The average Bonchev–Trinajstić information content (AvgIpc) is 3.07. The van der Waals surface area contributed by atoms with E-state index in [9.17, 15) is 9.59 Å². The summed E-state index contributed by atoms with van der Waals surface area (Å²) in [5, 5.41) is 0. The minimum Gasteiger partial charge on any atom is -0.466 e. The van der Waals surface area contributed by atoms with Gasteiger partial charge in [-0.05, 0) is 43.3 Å². The lowest BCUT2D eigenvalue weighted by Crippen LogP contribution is -2.29. The number of esters is 1. The van der Waals surface area contributed by atoms with Gasteiger partial charge in [-0.1, -0.05) is 0 Å². The Morgan fingerprint density at radius 3 is 2.36 bits per heavy atom. The summed E-state index contributed by atoms with van der Waals surface area (Å²) in [4.78, 5) is 25.1. The van der Waals surface area contributed by atoms with Crippen LogP contribution in [0.3, 0.4) is 0 Å². The van der Waals surface area contributed by atoms with Crippen LogP contribution in [0.25, 0.3) is 5.69 Å². The highest BCUT2D eigenvalue weighted by Gasteiger charge is 2.13. The van der Waals surface area contributed by atoms with Crippen molar-refractivity contribution in [3.8, 4) is 5.69 Å². The quantitative estimate of drug-likeness (QED) is 0.770. The third kappa shape index (κ3) is 3.97. The Balaban J connectivity index is 1.96. The molecule has 0 aliphatic rings. The fourth-order valence-electron chi connectivity index (χ4n) is 2.10. The molecule has 5 nitrogen and oxygen atoms in total. The van der Waals surface area contributed by atoms with Gasteiger partial charge in [0.05, 0.1) is 13.0 Å². The molecule has 1 heterocycles. The molecular weight excluding hydrogens is 280 g/mol. The second-order valence-corrected chi connectivity index (χ2v) is 4.92. The molecule has 0 aliphatic carbocycles. The van der Waals surface area contributed by atoms with Crippen LogP contribution < -0.4 is 0 Å². The van der Waals surface area contributed by atoms with Gasteiger partial charge in [-0.2, -0.15) is 0 Å². The lowest BCUT2D eigenvalue weighted by atomic mass is 10.2. The minimum absolute atomic E-state index is 0.108. The first-order valence-electron chi connectivity index (χ1n) is 7.26. The number of amides is 1. The molecule has 0 saturated carbocycles. The maximum atomic E-state index is 12.3. The molecule has 2 aromatic rings. The molecule has 0 radical (unpaired) electrons. The third-order valence-electron chi connectivity index (χ3n) is 3.32. The van der Waals surface area contributed by atoms with Crippen LogP contribution in [-0.2, 0) is 9.53 Å². The number of hydrogen-bond acceptors (Lipinski definition) is 3. The smallest absolute Gasteiger partial charge is 0.307 e. The topological polar surface area (TPSA) is 51.5 Å². The highest BCUT2D eigenvalue weighted by Crippen LogP contribution is 2.11. The Hall–Kier alpha value is -2.56. The molecule has 1 aromatic heterocycles. The van der Waals surface area contributed by atoms with Crippen molar-refractivity contribution in [2.45, 2.75) is 13.3 Å². The molecule has 116 valence electrons. The molecular formula is C17H20N2O3. The second-order valence-electron chi connectivity index (χ2n) is 4.92. The van der Waals surface area contributed by atoms with E-state index in [2.05, 4.69) is 0 Å². The van der Waals surface area contributed by atoms with E-state index in [1.807, 2.05) is 41.2 Å². The fraction of sp³-hybridized carbons (Fsp3) is 0.294. The van der Waals surface area contributed by atoms with Gasteiger partial charge in [-0.15, -0.1) is 0 Å². The average molecular weight is 300 g/mol. The van der Waals surface area contributed by atoms with Crippen molar-refractivity contribution < 1.29 is 14.3 Å². The Morgan fingerprint density at radius 2 is 1.77 bits per heavy atom. The summed E-state index contributed by atoms with van der Waals surface area (Å²) in [5.41, 5.74) is 1.60. The molecule has 2 rings (SSSR count). The molecule has 0 spiro atoms. The zero-order valence-electron chi connectivity index (χ0n) is 12.9. The maximum absolute atomic E-state index is 12.3. The second kappa shape index (κ2) is 7.45. The van der Waals surface area contributed by atoms with Gasteiger partial charge in [0.15, 0.2) is 0 Å². The third-order valence-corrected chi connectivity index (χ3v) is 3.32. The Labute approximate surface area is 130 Å². The highest BCUT2D eigenvalue weighted by atomic mass is 16.5.